The lowest BCUT2D eigenvalue weighted by molar-refractivity contribution is 0.0922. The van der Waals surface area contributed by atoms with E-state index in [1.54, 1.807) is 12.1 Å². The van der Waals surface area contributed by atoms with Gasteiger partial charge in [-0.3, -0.25) is 4.79 Å². The molecule has 3 heteroatoms. The van der Waals surface area contributed by atoms with Gasteiger partial charge in [0.1, 0.15) is 0 Å². The van der Waals surface area contributed by atoms with Crippen molar-refractivity contribution in [2.75, 3.05) is 5.73 Å². The van der Waals surface area contributed by atoms with Gasteiger partial charge in [0.25, 0.3) is 5.91 Å². The van der Waals surface area contributed by atoms with E-state index in [-0.39, 0.29) is 11.9 Å². The molecule has 2 aromatic carbocycles. The largest absolute Gasteiger partial charge is 0.399 e. The molecule has 0 aliphatic heterocycles. The minimum absolute atomic E-state index is 0.0481. The average molecular weight is 294 g/mol. The molecule has 1 saturated carbocycles. The smallest absolute Gasteiger partial charge is 0.251 e. The van der Waals surface area contributed by atoms with E-state index >= 15 is 0 Å². The van der Waals surface area contributed by atoms with Gasteiger partial charge in [-0.2, -0.15) is 0 Å². The number of nitrogens with two attached hydrogens (primary N) is 1. The summed E-state index contributed by atoms with van der Waals surface area (Å²) in [5, 5.41) is 3.22. The third-order valence-electron chi connectivity index (χ3n) is 4.47. The summed E-state index contributed by atoms with van der Waals surface area (Å²) in [4.78, 5) is 12.6. The van der Waals surface area contributed by atoms with E-state index in [1.807, 2.05) is 30.3 Å². The summed E-state index contributed by atoms with van der Waals surface area (Å²) in [6.45, 7) is 0. The Labute approximate surface area is 131 Å². The topological polar surface area (TPSA) is 55.1 Å². The fraction of sp³-hybridized carbons (Fsp3) is 0.316. The number of hydrogen-bond acceptors (Lipinski definition) is 2. The second-order valence-corrected chi connectivity index (χ2v) is 6.03. The minimum atomic E-state index is -0.0481. The Morgan fingerprint density at radius 2 is 1.77 bits per heavy atom. The molecule has 0 spiro atoms. The average Bonchev–Trinajstić information content (AvgIpc) is 3.07. The molecule has 0 bridgehead atoms. The number of rotatable bonds is 4. The maximum absolute atomic E-state index is 12.6. The van der Waals surface area contributed by atoms with Crippen LogP contribution < -0.4 is 11.1 Å². The summed E-state index contributed by atoms with van der Waals surface area (Å²) in [5.41, 5.74) is 8.21. The lowest BCUT2D eigenvalue weighted by Gasteiger charge is -2.25. The highest BCUT2D eigenvalue weighted by Crippen LogP contribution is 2.35. The number of hydrogen-bond donors (Lipinski definition) is 2. The maximum atomic E-state index is 12.6. The zero-order valence-corrected chi connectivity index (χ0v) is 12.7. The van der Waals surface area contributed by atoms with Crippen LogP contribution in [0.3, 0.4) is 0 Å². The number of carbonyl (C=O) groups excluding carboxylic acids is 1. The van der Waals surface area contributed by atoms with E-state index in [0.29, 0.717) is 17.2 Å². The molecule has 1 unspecified atom stereocenters. The molecule has 0 heterocycles. The second-order valence-electron chi connectivity index (χ2n) is 6.03. The minimum Gasteiger partial charge on any atom is -0.399 e. The Hall–Kier alpha value is -2.29. The molecule has 0 radical (unpaired) electrons. The molecular formula is C19H22N2O. The van der Waals surface area contributed by atoms with Crippen molar-refractivity contribution in [1.29, 1.82) is 0 Å². The van der Waals surface area contributed by atoms with Gasteiger partial charge in [0.05, 0.1) is 6.04 Å². The maximum Gasteiger partial charge on any atom is 0.251 e. The SMILES string of the molecule is Nc1cccc(C(=O)NC(c2ccccc2)C2CCCC2)c1. The molecule has 0 saturated heterocycles. The van der Waals surface area contributed by atoms with E-state index in [1.165, 1.54) is 31.2 Å². The first-order chi connectivity index (χ1) is 10.7. The fourth-order valence-corrected chi connectivity index (χ4v) is 3.33. The Balaban J connectivity index is 1.82. The molecule has 1 atom stereocenters. The zero-order chi connectivity index (χ0) is 15.4. The van der Waals surface area contributed by atoms with Gasteiger partial charge in [-0.25, -0.2) is 0 Å². The third-order valence-corrected chi connectivity index (χ3v) is 4.47. The van der Waals surface area contributed by atoms with E-state index in [0.717, 1.165) is 0 Å². The van der Waals surface area contributed by atoms with Gasteiger partial charge in [-0.15, -0.1) is 0 Å². The highest BCUT2D eigenvalue weighted by atomic mass is 16.1. The Bertz CT molecular complexity index is 633. The quantitative estimate of drug-likeness (QED) is 0.839. The number of nitrogens with one attached hydrogen (secondary N) is 1. The van der Waals surface area contributed by atoms with Gasteiger partial charge < -0.3 is 11.1 Å². The summed E-state index contributed by atoms with van der Waals surface area (Å²) < 4.78 is 0. The summed E-state index contributed by atoms with van der Waals surface area (Å²) in [7, 11) is 0. The second kappa shape index (κ2) is 6.65. The van der Waals surface area contributed by atoms with Gasteiger partial charge in [-0.05, 0) is 42.5 Å². The zero-order valence-electron chi connectivity index (χ0n) is 12.7. The number of nitrogen functional groups attached to an aromatic ring is 1. The van der Waals surface area contributed by atoms with Crippen LogP contribution in [0.2, 0.25) is 0 Å². The Morgan fingerprint density at radius 3 is 2.45 bits per heavy atom. The van der Waals surface area contributed by atoms with Crippen LogP contribution in [0.5, 0.6) is 0 Å². The van der Waals surface area contributed by atoms with Gasteiger partial charge in [0.2, 0.25) is 0 Å². The number of amides is 1. The van der Waals surface area contributed by atoms with Crippen molar-refractivity contribution >= 4 is 11.6 Å². The molecular weight excluding hydrogens is 272 g/mol. The van der Waals surface area contributed by atoms with Crippen molar-refractivity contribution in [3.05, 3.63) is 65.7 Å². The van der Waals surface area contributed by atoms with Crippen molar-refractivity contribution in [3.63, 3.8) is 0 Å². The van der Waals surface area contributed by atoms with Crippen molar-refractivity contribution in [3.8, 4) is 0 Å². The molecule has 1 fully saturated rings. The van der Waals surface area contributed by atoms with Crippen molar-refractivity contribution in [2.45, 2.75) is 31.7 Å². The number of benzene rings is 2. The predicted octanol–water partition coefficient (Wildman–Crippen LogP) is 3.93. The van der Waals surface area contributed by atoms with Gasteiger partial charge in [0.15, 0.2) is 0 Å². The van der Waals surface area contributed by atoms with Crippen molar-refractivity contribution in [1.82, 2.24) is 5.32 Å². The first-order valence-corrected chi connectivity index (χ1v) is 7.95. The summed E-state index contributed by atoms with van der Waals surface area (Å²) in [6, 6.07) is 17.5. The number of anilines is 1. The van der Waals surface area contributed by atoms with Crippen LogP contribution in [-0.2, 0) is 0 Å². The molecule has 3 N–H and O–H groups in total. The van der Waals surface area contributed by atoms with Crippen LogP contribution in [0.15, 0.2) is 54.6 Å². The van der Waals surface area contributed by atoms with E-state index < -0.39 is 0 Å². The molecule has 3 nitrogen and oxygen atoms in total. The van der Waals surface area contributed by atoms with Gasteiger partial charge in [-0.1, -0.05) is 49.2 Å². The lowest BCUT2D eigenvalue weighted by Crippen LogP contribution is -2.32. The van der Waals surface area contributed by atoms with E-state index in [9.17, 15) is 4.79 Å². The Morgan fingerprint density at radius 1 is 1.05 bits per heavy atom. The molecule has 114 valence electrons. The summed E-state index contributed by atoms with van der Waals surface area (Å²) in [5.74, 6) is 0.473. The van der Waals surface area contributed by atoms with E-state index in [2.05, 4.69) is 17.4 Å². The summed E-state index contributed by atoms with van der Waals surface area (Å²) >= 11 is 0. The first kappa shape index (κ1) is 14.6. The molecule has 0 aromatic heterocycles. The highest BCUT2D eigenvalue weighted by molar-refractivity contribution is 5.95. The third kappa shape index (κ3) is 3.30. The first-order valence-electron chi connectivity index (χ1n) is 7.95. The van der Waals surface area contributed by atoms with Crippen LogP contribution in [0, 0.1) is 5.92 Å². The van der Waals surface area contributed by atoms with Crippen LogP contribution in [0.25, 0.3) is 0 Å². The molecule has 22 heavy (non-hydrogen) atoms. The fourth-order valence-electron chi connectivity index (χ4n) is 3.33. The van der Waals surface area contributed by atoms with Crippen LogP contribution in [0.1, 0.15) is 47.6 Å². The molecule has 1 aliphatic rings. The molecule has 1 aliphatic carbocycles. The highest BCUT2D eigenvalue weighted by Gasteiger charge is 2.27. The molecule has 1 amide bonds. The lowest BCUT2D eigenvalue weighted by atomic mass is 9.91. The van der Waals surface area contributed by atoms with Gasteiger partial charge in [0, 0.05) is 11.3 Å². The van der Waals surface area contributed by atoms with E-state index in [4.69, 9.17) is 5.73 Å². The van der Waals surface area contributed by atoms with Gasteiger partial charge >= 0.3 is 0 Å². The molecule has 3 rings (SSSR count). The molecule has 2 aromatic rings. The summed E-state index contributed by atoms with van der Waals surface area (Å²) in [6.07, 6.45) is 4.86. The predicted molar refractivity (Wildman–Crippen MR) is 89.5 cm³/mol. The normalized spacial score (nSPS) is 16.4. The van der Waals surface area contributed by atoms with Crippen molar-refractivity contribution < 1.29 is 4.79 Å². The van der Waals surface area contributed by atoms with Crippen LogP contribution in [0.4, 0.5) is 5.69 Å². The standard InChI is InChI=1S/C19H22N2O/c20-17-12-6-11-16(13-17)19(22)21-18(15-9-4-5-10-15)14-7-2-1-3-8-14/h1-3,6-8,11-13,15,18H,4-5,9-10,20H2,(H,21,22). The monoisotopic (exact) mass is 294 g/mol. The van der Waals surface area contributed by atoms with Crippen LogP contribution >= 0.6 is 0 Å². The van der Waals surface area contributed by atoms with Crippen LogP contribution in [-0.4, -0.2) is 5.91 Å². The Kier molecular flexibility index (Phi) is 4.42. The number of carbonyl (C=O) groups is 1. The van der Waals surface area contributed by atoms with Crippen molar-refractivity contribution in [2.24, 2.45) is 5.92 Å².